The van der Waals surface area contributed by atoms with Crippen LogP contribution in [-0.2, 0) is 17.2 Å². The Balaban J connectivity index is 0.00000144. The molecule has 1 aromatic carbocycles. The second-order valence-electron chi connectivity index (χ2n) is 3.16. The van der Waals surface area contributed by atoms with Gasteiger partial charge in [0.15, 0.2) is 0 Å². The predicted molar refractivity (Wildman–Crippen MR) is 58.5 cm³/mol. The Morgan fingerprint density at radius 2 is 2.12 bits per heavy atom. The monoisotopic (exact) mass is 297 g/mol. The molecule has 0 saturated carbocycles. The number of rotatable bonds is 1. The van der Waals surface area contributed by atoms with Crippen molar-refractivity contribution in [2.75, 3.05) is 0 Å². The zero-order valence-corrected chi connectivity index (χ0v) is 14.0. The molecule has 9 heteroatoms. The van der Waals surface area contributed by atoms with Gasteiger partial charge in [0.1, 0.15) is 10.1 Å². The Bertz CT molecular complexity index is 717. The number of hydrogen-bond donors (Lipinski definition) is 1. The number of benzene rings is 1. The molecule has 2 N–H and O–H groups in total. The van der Waals surface area contributed by atoms with E-state index >= 15 is 0 Å². The first-order valence-electron chi connectivity index (χ1n) is 4.23. The molecular formula is C8H8KN3O3S2. The number of aryl methyl sites for hydroxylation is 1. The van der Waals surface area contributed by atoms with Crippen molar-refractivity contribution in [3.63, 3.8) is 0 Å². The molecule has 0 spiro atoms. The van der Waals surface area contributed by atoms with Gasteiger partial charge in [0.25, 0.3) is 0 Å². The summed E-state index contributed by atoms with van der Waals surface area (Å²) in [5.74, 6) is 5.17. The minimum Gasteiger partial charge on any atom is -0.744 e. The van der Waals surface area contributed by atoms with E-state index < -0.39 is 10.1 Å². The second kappa shape index (κ2) is 5.49. The van der Waals surface area contributed by atoms with E-state index in [1.807, 2.05) is 0 Å². The van der Waals surface area contributed by atoms with Crippen LogP contribution in [0.15, 0.2) is 28.2 Å². The fraction of sp³-hybridized carbons (Fsp3) is 0.125. The number of fused-ring (bicyclic) bond motifs is 1. The van der Waals surface area contributed by atoms with Crippen molar-refractivity contribution in [2.24, 2.45) is 18.0 Å². The van der Waals surface area contributed by atoms with E-state index in [1.165, 1.54) is 23.5 Å². The van der Waals surface area contributed by atoms with Crippen LogP contribution in [0.2, 0.25) is 0 Å². The van der Waals surface area contributed by atoms with Gasteiger partial charge < -0.3 is 15.0 Å². The molecule has 1 heterocycles. The molecule has 0 fully saturated rings. The van der Waals surface area contributed by atoms with Gasteiger partial charge in [-0.25, -0.2) is 8.42 Å². The van der Waals surface area contributed by atoms with Gasteiger partial charge in [-0.1, -0.05) is 11.3 Å². The average Bonchev–Trinajstić information content (AvgIpc) is 2.54. The zero-order chi connectivity index (χ0) is 11.9. The smallest absolute Gasteiger partial charge is 0.744 e. The first kappa shape index (κ1) is 15.3. The molecule has 2 rings (SSSR count). The minimum absolute atomic E-state index is 0. The summed E-state index contributed by atoms with van der Waals surface area (Å²) < 4.78 is 34.9. The van der Waals surface area contributed by atoms with Crippen LogP contribution < -0.4 is 62.0 Å². The van der Waals surface area contributed by atoms with Crippen LogP contribution in [0.25, 0.3) is 10.2 Å². The maximum Gasteiger partial charge on any atom is 1.00 e. The second-order valence-corrected chi connectivity index (χ2v) is 5.55. The molecule has 0 amide bonds. The molecular weight excluding hydrogens is 289 g/mol. The number of thiazole rings is 1. The molecule has 0 atom stereocenters. The quantitative estimate of drug-likeness (QED) is 0.261. The number of hydrogen-bond acceptors (Lipinski definition) is 6. The first-order chi connectivity index (χ1) is 7.43. The van der Waals surface area contributed by atoms with Crippen molar-refractivity contribution in [1.82, 2.24) is 4.57 Å². The Hall–Kier alpha value is 0.256. The Morgan fingerprint density at radius 3 is 2.65 bits per heavy atom. The van der Waals surface area contributed by atoms with Crippen molar-refractivity contribution in [3.8, 4) is 0 Å². The summed E-state index contributed by atoms with van der Waals surface area (Å²) in [5, 5.41) is 3.55. The topological polar surface area (TPSA) is 101 Å². The molecule has 86 valence electrons. The molecule has 2 aromatic rings. The van der Waals surface area contributed by atoms with Crippen molar-refractivity contribution in [3.05, 3.63) is 23.0 Å². The molecule has 0 radical (unpaired) electrons. The number of nitrogens with two attached hydrogens (primary N) is 1. The normalized spacial score (nSPS) is 12.7. The van der Waals surface area contributed by atoms with Gasteiger partial charge in [-0.05, 0) is 18.2 Å². The molecule has 0 unspecified atom stereocenters. The molecule has 0 aliphatic heterocycles. The van der Waals surface area contributed by atoms with Crippen LogP contribution >= 0.6 is 11.3 Å². The van der Waals surface area contributed by atoms with Crippen LogP contribution in [-0.4, -0.2) is 17.5 Å². The van der Waals surface area contributed by atoms with Crippen molar-refractivity contribution < 1.29 is 64.4 Å². The fourth-order valence-electron chi connectivity index (χ4n) is 1.39. The van der Waals surface area contributed by atoms with Gasteiger partial charge in [0, 0.05) is 7.05 Å². The zero-order valence-electron chi connectivity index (χ0n) is 9.25. The number of aromatic nitrogens is 1. The molecule has 1 aromatic heterocycles. The average molecular weight is 297 g/mol. The van der Waals surface area contributed by atoms with Crippen molar-refractivity contribution in [1.29, 1.82) is 0 Å². The van der Waals surface area contributed by atoms with E-state index in [2.05, 4.69) is 5.10 Å². The van der Waals surface area contributed by atoms with Crippen molar-refractivity contribution in [2.45, 2.75) is 4.90 Å². The summed E-state index contributed by atoms with van der Waals surface area (Å²) in [4.78, 5) is 0.306. The molecule has 0 bridgehead atoms. The summed E-state index contributed by atoms with van der Waals surface area (Å²) in [6, 6.07) is 4.17. The molecule has 0 saturated heterocycles. The van der Waals surface area contributed by atoms with Crippen LogP contribution in [0.4, 0.5) is 0 Å². The summed E-state index contributed by atoms with van der Waals surface area (Å²) in [6.07, 6.45) is 0. The van der Waals surface area contributed by atoms with Crippen LogP contribution in [0, 0.1) is 0 Å². The molecule has 0 aliphatic rings. The van der Waals surface area contributed by atoms with E-state index in [1.54, 1.807) is 17.7 Å². The van der Waals surface area contributed by atoms with E-state index in [-0.39, 0.29) is 56.3 Å². The summed E-state index contributed by atoms with van der Waals surface area (Å²) in [6.45, 7) is 0. The predicted octanol–water partition coefficient (Wildman–Crippen LogP) is -3.08. The third kappa shape index (κ3) is 2.99. The minimum atomic E-state index is -4.42. The van der Waals surface area contributed by atoms with Gasteiger partial charge in [-0.15, -0.1) is 0 Å². The third-order valence-electron chi connectivity index (χ3n) is 2.18. The Morgan fingerprint density at radius 1 is 1.47 bits per heavy atom. The van der Waals surface area contributed by atoms with E-state index in [0.717, 1.165) is 5.52 Å². The van der Waals surface area contributed by atoms with E-state index in [0.29, 0.717) is 9.50 Å². The maximum absolute atomic E-state index is 10.8. The van der Waals surface area contributed by atoms with Crippen molar-refractivity contribution >= 4 is 31.7 Å². The standard InChI is InChI=1S/C8H9N3O3S2.K/c1-11-6-3-2-5(16(12,13)14)4-7(6)15-8(11)10-9;/h2-4H,9H2,1H3,(H,12,13,14);/q;+1/p-1. The fourth-order valence-corrected chi connectivity index (χ4v) is 2.94. The van der Waals surface area contributed by atoms with E-state index in [4.69, 9.17) is 5.84 Å². The van der Waals surface area contributed by atoms with Gasteiger partial charge in [-0.3, -0.25) is 0 Å². The van der Waals surface area contributed by atoms with Gasteiger partial charge in [0.2, 0.25) is 4.80 Å². The summed E-state index contributed by atoms with van der Waals surface area (Å²) in [5.41, 5.74) is 0.779. The largest absolute Gasteiger partial charge is 1.00 e. The molecule has 6 nitrogen and oxygen atoms in total. The Kier molecular flexibility index (Phi) is 4.94. The number of nitrogens with zero attached hydrogens (tertiary/aromatic N) is 2. The van der Waals surface area contributed by atoms with Crippen LogP contribution in [0.1, 0.15) is 0 Å². The third-order valence-corrected chi connectivity index (χ3v) is 4.12. The first-order valence-corrected chi connectivity index (χ1v) is 6.45. The van der Waals surface area contributed by atoms with Gasteiger partial charge in [-0.2, -0.15) is 5.10 Å². The van der Waals surface area contributed by atoms with Gasteiger partial charge in [0.05, 0.1) is 15.1 Å². The summed E-state index contributed by atoms with van der Waals surface area (Å²) >= 11 is 1.22. The molecule has 0 aliphatic carbocycles. The van der Waals surface area contributed by atoms with E-state index in [9.17, 15) is 13.0 Å². The SMILES string of the molecule is Cn1c(=NN)sc2cc(S(=O)(=O)[O-])ccc21.[K+]. The Labute approximate surface area is 144 Å². The molecule has 17 heavy (non-hydrogen) atoms. The maximum atomic E-state index is 10.8. The van der Waals surface area contributed by atoms with Crippen LogP contribution in [0.5, 0.6) is 0 Å². The summed E-state index contributed by atoms with van der Waals surface area (Å²) in [7, 11) is -2.66. The van der Waals surface area contributed by atoms with Crippen LogP contribution in [0.3, 0.4) is 0 Å². The van der Waals surface area contributed by atoms with Gasteiger partial charge >= 0.3 is 51.4 Å².